The van der Waals surface area contributed by atoms with Gasteiger partial charge >= 0.3 is 0 Å². The SMILES string of the molecule is COc1cc(OC)cc(C(=O)N2CCC3(CC2)SCCN3C(=O)c2ccc3c(c2)OCO3)c1. The smallest absolute Gasteiger partial charge is 0.255 e. The van der Waals surface area contributed by atoms with E-state index in [1.54, 1.807) is 50.6 Å². The molecule has 3 aliphatic heterocycles. The topological polar surface area (TPSA) is 77.5 Å². The van der Waals surface area contributed by atoms with Crippen LogP contribution in [0.2, 0.25) is 0 Å². The van der Waals surface area contributed by atoms with Crippen LogP contribution in [0.4, 0.5) is 0 Å². The Balaban J connectivity index is 1.30. The summed E-state index contributed by atoms with van der Waals surface area (Å²) in [6.07, 6.45) is 1.45. The number of methoxy groups -OCH3 is 2. The molecule has 8 nitrogen and oxygen atoms in total. The molecule has 2 saturated heterocycles. The lowest BCUT2D eigenvalue weighted by molar-refractivity contribution is 0.0497. The number of hydrogen-bond donors (Lipinski definition) is 0. The summed E-state index contributed by atoms with van der Waals surface area (Å²) in [6.45, 7) is 2.03. The summed E-state index contributed by atoms with van der Waals surface area (Å²) in [5.74, 6) is 3.26. The average Bonchev–Trinajstić information content (AvgIpc) is 3.50. The van der Waals surface area contributed by atoms with Gasteiger partial charge in [0.1, 0.15) is 11.5 Å². The fourth-order valence-corrected chi connectivity index (χ4v) is 6.12. The van der Waals surface area contributed by atoms with Gasteiger partial charge in [-0.15, -0.1) is 11.8 Å². The Morgan fingerprint density at radius 1 is 0.879 bits per heavy atom. The molecule has 0 bridgehead atoms. The molecule has 5 rings (SSSR count). The molecule has 2 fully saturated rings. The summed E-state index contributed by atoms with van der Waals surface area (Å²) in [6, 6.07) is 10.5. The van der Waals surface area contributed by atoms with Crippen molar-refractivity contribution in [2.45, 2.75) is 17.7 Å². The predicted octanol–water partition coefficient (Wildman–Crippen LogP) is 3.25. The van der Waals surface area contributed by atoms with Gasteiger partial charge in [-0.2, -0.15) is 0 Å². The van der Waals surface area contributed by atoms with E-state index < -0.39 is 0 Å². The first-order valence-corrected chi connectivity index (χ1v) is 11.9. The Labute approximate surface area is 196 Å². The fourth-order valence-electron chi connectivity index (χ4n) is 4.67. The van der Waals surface area contributed by atoms with Gasteiger partial charge in [0, 0.05) is 42.6 Å². The minimum atomic E-state index is -0.295. The summed E-state index contributed by atoms with van der Waals surface area (Å²) >= 11 is 1.82. The van der Waals surface area contributed by atoms with Crippen LogP contribution in [-0.4, -0.2) is 72.9 Å². The molecule has 0 N–H and O–H groups in total. The zero-order valence-corrected chi connectivity index (χ0v) is 19.5. The highest BCUT2D eigenvalue weighted by molar-refractivity contribution is 8.00. The average molecular weight is 471 g/mol. The summed E-state index contributed by atoms with van der Waals surface area (Å²) < 4.78 is 21.4. The Hall–Kier alpha value is -3.07. The highest BCUT2D eigenvalue weighted by atomic mass is 32.2. The highest BCUT2D eigenvalue weighted by Gasteiger charge is 2.47. The van der Waals surface area contributed by atoms with E-state index in [1.807, 2.05) is 21.6 Å². The van der Waals surface area contributed by atoms with Gasteiger partial charge < -0.3 is 28.7 Å². The quantitative estimate of drug-likeness (QED) is 0.679. The number of likely N-dealkylation sites (tertiary alicyclic amines) is 1. The molecule has 3 aliphatic rings. The number of carbonyl (C=O) groups excluding carboxylic acids is 2. The molecule has 174 valence electrons. The van der Waals surface area contributed by atoms with Crippen LogP contribution in [-0.2, 0) is 0 Å². The van der Waals surface area contributed by atoms with Crippen LogP contribution >= 0.6 is 11.8 Å². The predicted molar refractivity (Wildman–Crippen MR) is 123 cm³/mol. The number of amides is 2. The van der Waals surface area contributed by atoms with Gasteiger partial charge in [0.15, 0.2) is 11.5 Å². The summed E-state index contributed by atoms with van der Waals surface area (Å²) in [7, 11) is 3.13. The molecule has 1 spiro atoms. The first kappa shape index (κ1) is 21.8. The number of thioether (sulfide) groups is 1. The van der Waals surface area contributed by atoms with Gasteiger partial charge in [0.2, 0.25) is 6.79 Å². The van der Waals surface area contributed by atoms with Crippen molar-refractivity contribution in [1.29, 1.82) is 0 Å². The van der Waals surface area contributed by atoms with Crippen molar-refractivity contribution in [3.8, 4) is 23.0 Å². The van der Waals surface area contributed by atoms with Crippen molar-refractivity contribution in [1.82, 2.24) is 9.80 Å². The van der Waals surface area contributed by atoms with Crippen molar-refractivity contribution in [2.24, 2.45) is 0 Å². The summed E-state index contributed by atoms with van der Waals surface area (Å²) in [5.41, 5.74) is 1.14. The van der Waals surface area contributed by atoms with Gasteiger partial charge in [-0.1, -0.05) is 0 Å². The molecule has 9 heteroatoms. The molecule has 2 aromatic carbocycles. The zero-order valence-electron chi connectivity index (χ0n) is 18.7. The van der Waals surface area contributed by atoms with Gasteiger partial charge in [0.05, 0.1) is 19.1 Å². The largest absolute Gasteiger partial charge is 0.497 e. The third-order valence-corrected chi connectivity index (χ3v) is 8.03. The Kier molecular flexibility index (Phi) is 5.74. The second-order valence-corrected chi connectivity index (χ2v) is 9.67. The van der Waals surface area contributed by atoms with E-state index in [-0.39, 0.29) is 23.5 Å². The molecule has 0 radical (unpaired) electrons. The van der Waals surface area contributed by atoms with Crippen LogP contribution in [0.1, 0.15) is 33.6 Å². The van der Waals surface area contributed by atoms with E-state index >= 15 is 0 Å². The summed E-state index contributed by atoms with van der Waals surface area (Å²) in [4.78, 5) is 30.1. The molecule has 2 amide bonds. The number of benzene rings is 2. The third-order valence-electron chi connectivity index (χ3n) is 6.47. The minimum absolute atomic E-state index is 0.00407. The molecule has 0 aromatic heterocycles. The Bertz CT molecular complexity index is 1060. The van der Waals surface area contributed by atoms with Crippen LogP contribution in [0.25, 0.3) is 0 Å². The number of hydrogen-bond acceptors (Lipinski definition) is 7. The van der Waals surface area contributed by atoms with E-state index in [9.17, 15) is 9.59 Å². The second kappa shape index (κ2) is 8.70. The standard InChI is InChI=1S/C24H26N2O6S/c1-29-18-11-17(12-19(14-18)30-2)22(27)25-7-5-24(6-8-25)26(9-10-33-24)23(28)16-3-4-20-21(13-16)32-15-31-20/h3-4,11-14H,5-10,15H2,1-2H3. The maximum absolute atomic E-state index is 13.4. The number of rotatable bonds is 4. The maximum Gasteiger partial charge on any atom is 0.255 e. The lowest BCUT2D eigenvalue weighted by Gasteiger charge is -2.44. The molecule has 0 saturated carbocycles. The Morgan fingerprint density at radius 3 is 2.27 bits per heavy atom. The molecular formula is C24H26N2O6S. The zero-order chi connectivity index (χ0) is 23.0. The number of nitrogens with zero attached hydrogens (tertiary/aromatic N) is 2. The van der Waals surface area contributed by atoms with E-state index in [0.29, 0.717) is 53.8 Å². The molecule has 2 aromatic rings. The van der Waals surface area contributed by atoms with Crippen molar-refractivity contribution in [3.63, 3.8) is 0 Å². The first-order chi connectivity index (χ1) is 16.0. The molecule has 0 atom stereocenters. The highest BCUT2D eigenvalue weighted by Crippen LogP contribution is 2.45. The molecule has 0 aliphatic carbocycles. The van der Waals surface area contributed by atoms with Crippen molar-refractivity contribution >= 4 is 23.6 Å². The lowest BCUT2D eigenvalue weighted by Crippen LogP contribution is -2.53. The van der Waals surface area contributed by atoms with E-state index in [2.05, 4.69) is 0 Å². The number of fused-ring (bicyclic) bond motifs is 1. The van der Waals surface area contributed by atoms with Crippen LogP contribution in [0.5, 0.6) is 23.0 Å². The number of piperidine rings is 1. The van der Waals surface area contributed by atoms with Gasteiger partial charge in [-0.3, -0.25) is 9.59 Å². The monoisotopic (exact) mass is 470 g/mol. The van der Waals surface area contributed by atoms with Gasteiger partial charge in [-0.25, -0.2) is 0 Å². The minimum Gasteiger partial charge on any atom is -0.497 e. The lowest BCUT2D eigenvalue weighted by atomic mass is 10.00. The van der Waals surface area contributed by atoms with Crippen LogP contribution < -0.4 is 18.9 Å². The summed E-state index contributed by atoms with van der Waals surface area (Å²) in [5, 5.41) is 0. The van der Waals surface area contributed by atoms with Crippen molar-refractivity contribution in [2.75, 3.05) is 46.4 Å². The fraction of sp³-hybridized carbons (Fsp3) is 0.417. The van der Waals surface area contributed by atoms with Gasteiger partial charge in [-0.05, 0) is 43.2 Å². The van der Waals surface area contributed by atoms with Crippen LogP contribution in [0.15, 0.2) is 36.4 Å². The maximum atomic E-state index is 13.4. The van der Waals surface area contributed by atoms with Gasteiger partial charge in [0.25, 0.3) is 11.8 Å². The molecular weight excluding hydrogens is 444 g/mol. The van der Waals surface area contributed by atoms with Crippen LogP contribution in [0, 0.1) is 0 Å². The number of ether oxygens (including phenoxy) is 4. The second-order valence-electron chi connectivity index (χ2n) is 8.21. The third kappa shape index (κ3) is 3.94. The van der Waals surface area contributed by atoms with Crippen molar-refractivity contribution in [3.05, 3.63) is 47.5 Å². The van der Waals surface area contributed by atoms with E-state index in [1.165, 1.54) is 0 Å². The van der Waals surface area contributed by atoms with E-state index in [0.717, 1.165) is 18.6 Å². The Morgan fingerprint density at radius 2 is 1.58 bits per heavy atom. The molecule has 3 heterocycles. The molecule has 0 unspecified atom stereocenters. The number of carbonyl (C=O) groups is 2. The molecule has 33 heavy (non-hydrogen) atoms. The first-order valence-electron chi connectivity index (χ1n) is 10.9. The van der Waals surface area contributed by atoms with Crippen molar-refractivity contribution < 1.29 is 28.5 Å². The normalized spacial score (nSPS) is 18.5. The van der Waals surface area contributed by atoms with E-state index in [4.69, 9.17) is 18.9 Å². The van der Waals surface area contributed by atoms with Crippen LogP contribution in [0.3, 0.4) is 0 Å².